The third-order valence-electron chi connectivity index (χ3n) is 2.79. The van der Waals surface area contributed by atoms with E-state index < -0.39 is 23.3 Å². The van der Waals surface area contributed by atoms with Crippen LogP contribution in [-0.4, -0.2) is 15.4 Å². The minimum Gasteiger partial charge on any atom is -0.288 e. The lowest BCUT2D eigenvalue weighted by Crippen LogP contribution is -2.10. The van der Waals surface area contributed by atoms with Crippen LogP contribution in [0.3, 0.4) is 0 Å². The van der Waals surface area contributed by atoms with Gasteiger partial charge in [-0.2, -0.15) is 13.2 Å². The van der Waals surface area contributed by atoms with Crippen molar-refractivity contribution in [3.63, 3.8) is 0 Å². The van der Waals surface area contributed by atoms with Gasteiger partial charge in [-0.25, -0.2) is 4.39 Å². The molecule has 0 N–H and O–H groups in total. The predicted octanol–water partition coefficient (Wildman–Crippen LogP) is 3.88. The number of hydrogen-bond donors (Lipinski definition) is 0. The van der Waals surface area contributed by atoms with Gasteiger partial charge in [0.15, 0.2) is 0 Å². The second kappa shape index (κ2) is 5.88. The number of alkyl halides is 3. The van der Waals surface area contributed by atoms with Crippen LogP contribution in [0, 0.1) is 5.82 Å². The first kappa shape index (κ1) is 15.6. The maximum Gasteiger partial charge on any atom is 0.419 e. The maximum absolute atomic E-state index is 13.5. The third-order valence-corrected chi connectivity index (χ3v) is 3.55. The molecule has 0 spiro atoms. The van der Waals surface area contributed by atoms with E-state index in [0.29, 0.717) is 24.2 Å². The van der Waals surface area contributed by atoms with Crippen molar-refractivity contribution < 1.29 is 22.4 Å². The van der Waals surface area contributed by atoms with E-state index in [0.717, 1.165) is 24.0 Å². The molecule has 0 aliphatic heterocycles. The molecular formula is C13H10F4N2OS. The normalized spacial score (nSPS) is 11.7. The van der Waals surface area contributed by atoms with Crippen molar-refractivity contribution in [2.24, 2.45) is 0 Å². The molecule has 2 rings (SSSR count). The van der Waals surface area contributed by atoms with Gasteiger partial charge in [0, 0.05) is 5.56 Å². The van der Waals surface area contributed by atoms with E-state index in [1.54, 1.807) is 0 Å². The van der Waals surface area contributed by atoms with Crippen molar-refractivity contribution in [1.82, 2.24) is 9.59 Å². The number of benzene rings is 1. The maximum atomic E-state index is 13.5. The second-order valence-electron chi connectivity index (χ2n) is 4.32. The van der Waals surface area contributed by atoms with Crippen LogP contribution >= 0.6 is 11.5 Å². The highest BCUT2D eigenvalue weighted by atomic mass is 32.1. The molecule has 112 valence electrons. The fraction of sp³-hybridized carbons (Fsp3) is 0.308. The molecule has 8 heteroatoms. The zero-order chi connectivity index (χ0) is 15.6. The number of hydrogen-bond acceptors (Lipinski definition) is 4. The Morgan fingerprint density at radius 1 is 1.33 bits per heavy atom. The summed E-state index contributed by atoms with van der Waals surface area (Å²) in [6.07, 6.45) is -3.52. The van der Waals surface area contributed by atoms with Crippen LogP contribution in [-0.2, 0) is 12.6 Å². The lowest BCUT2D eigenvalue weighted by molar-refractivity contribution is -0.140. The number of carbonyl (C=O) groups is 1. The summed E-state index contributed by atoms with van der Waals surface area (Å²) in [4.78, 5) is 12.4. The number of halogens is 4. The average Bonchev–Trinajstić information content (AvgIpc) is 2.85. The molecule has 0 radical (unpaired) electrons. The number of nitrogens with zero attached hydrogens (tertiary/aromatic N) is 2. The molecule has 0 aliphatic rings. The van der Waals surface area contributed by atoms with E-state index in [-0.39, 0.29) is 10.4 Å². The summed E-state index contributed by atoms with van der Waals surface area (Å²) < 4.78 is 54.6. The summed E-state index contributed by atoms with van der Waals surface area (Å²) >= 11 is 0.853. The molecular weight excluding hydrogens is 308 g/mol. The molecule has 0 saturated carbocycles. The quantitative estimate of drug-likeness (QED) is 0.635. The highest BCUT2D eigenvalue weighted by Crippen LogP contribution is 2.32. The molecule has 1 aromatic heterocycles. The van der Waals surface area contributed by atoms with E-state index in [4.69, 9.17) is 0 Å². The van der Waals surface area contributed by atoms with Crippen molar-refractivity contribution in [3.8, 4) is 0 Å². The van der Waals surface area contributed by atoms with Crippen molar-refractivity contribution in [2.45, 2.75) is 25.9 Å². The number of aromatic nitrogens is 2. The first-order valence-electron chi connectivity index (χ1n) is 6.07. The van der Waals surface area contributed by atoms with Gasteiger partial charge in [-0.15, -0.1) is 5.10 Å². The molecule has 0 unspecified atom stereocenters. The van der Waals surface area contributed by atoms with E-state index in [1.165, 1.54) is 0 Å². The van der Waals surface area contributed by atoms with Crippen molar-refractivity contribution in [1.29, 1.82) is 0 Å². The summed E-state index contributed by atoms with van der Waals surface area (Å²) in [5.74, 6) is -2.04. The van der Waals surface area contributed by atoms with Crippen LogP contribution < -0.4 is 0 Å². The van der Waals surface area contributed by atoms with Crippen LogP contribution in [0.4, 0.5) is 17.6 Å². The smallest absolute Gasteiger partial charge is 0.288 e. The summed E-state index contributed by atoms with van der Waals surface area (Å²) in [5, 5.41) is 3.81. The highest BCUT2D eigenvalue weighted by Gasteiger charge is 2.34. The largest absolute Gasteiger partial charge is 0.419 e. The monoisotopic (exact) mass is 318 g/mol. The Morgan fingerprint density at radius 2 is 2.05 bits per heavy atom. The first-order valence-corrected chi connectivity index (χ1v) is 6.84. The predicted molar refractivity (Wildman–Crippen MR) is 68.7 cm³/mol. The minimum atomic E-state index is -4.79. The Hall–Kier alpha value is -1.83. The summed E-state index contributed by atoms with van der Waals surface area (Å²) in [7, 11) is 0. The Morgan fingerprint density at radius 3 is 2.62 bits per heavy atom. The first-order chi connectivity index (χ1) is 9.84. The van der Waals surface area contributed by atoms with E-state index in [2.05, 4.69) is 9.59 Å². The highest BCUT2D eigenvalue weighted by molar-refractivity contribution is 7.08. The van der Waals surface area contributed by atoms with Gasteiger partial charge in [-0.3, -0.25) is 4.79 Å². The van der Waals surface area contributed by atoms with Gasteiger partial charge in [0.05, 0.1) is 11.3 Å². The van der Waals surface area contributed by atoms with Crippen molar-refractivity contribution in [2.75, 3.05) is 0 Å². The Bertz CT molecular complexity index is 666. The third kappa shape index (κ3) is 3.26. The molecule has 0 saturated heterocycles. The van der Waals surface area contributed by atoms with Crippen LogP contribution in [0.5, 0.6) is 0 Å². The Balaban J connectivity index is 2.36. The summed E-state index contributed by atoms with van der Waals surface area (Å²) in [6, 6.07) is 2.13. The molecule has 0 fully saturated rings. The van der Waals surface area contributed by atoms with Gasteiger partial charge in [0.2, 0.25) is 5.78 Å². The van der Waals surface area contributed by atoms with Gasteiger partial charge in [-0.1, -0.05) is 23.9 Å². The number of rotatable bonds is 4. The topological polar surface area (TPSA) is 42.9 Å². The molecule has 21 heavy (non-hydrogen) atoms. The molecule has 3 nitrogen and oxygen atoms in total. The molecule has 2 aromatic rings. The molecule has 0 amide bonds. The van der Waals surface area contributed by atoms with Gasteiger partial charge in [0.25, 0.3) is 0 Å². The van der Waals surface area contributed by atoms with Crippen molar-refractivity contribution >= 4 is 17.3 Å². The standard InChI is InChI=1S/C13H10F4N2OS/c1-2-3-10-12(21-19-18-10)11(20)7-4-5-8(9(14)6-7)13(15,16)17/h4-6H,2-3H2,1H3. The van der Waals surface area contributed by atoms with Gasteiger partial charge in [0.1, 0.15) is 10.7 Å². The van der Waals surface area contributed by atoms with Crippen LogP contribution in [0.25, 0.3) is 0 Å². The molecule has 1 heterocycles. The van der Waals surface area contributed by atoms with Crippen molar-refractivity contribution in [3.05, 3.63) is 45.7 Å². The van der Waals surface area contributed by atoms with E-state index in [9.17, 15) is 22.4 Å². The zero-order valence-electron chi connectivity index (χ0n) is 10.9. The lowest BCUT2D eigenvalue weighted by atomic mass is 10.0. The summed E-state index contributed by atoms with van der Waals surface area (Å²) in [6.45, 7) is 1.89. The van der Waals surface area contributed by atoms with E-state index >= 15 is 0 Å². The molecule has 1 aromatic carbocycles. The molecule has 0 aliphatic carbocycles. The fourth-order valence-electron chi connectivity index (χ4n) is 1.80. The number of aryl methyl sites for hydroxylation is 1. The minimum absolute atomic E-state index is 0.149. The van der Waals surface area contributed by atoms with Crippen LogP contribution in [0.15, 0.2) is 18.2 Å². The second-order valence-corrected chi connectivity index (χ2v) is 5.07. The SMILES string of the molecule is CCCc1nnsc1C(=O)c1ccc(C(F)(F)F)c(F)c1. The fourth-order valence-corrected chi connectivity index (χ4v) is 2.47. The summed E-state index contributed by atoms with van der Waals surface area (Å²) in [5.41, 5.74) is -1.06. The average molecular weight is 318 g/mol. The lowest BCUT2D eigenvalue weighted by Gasteiger charge is -2.08. The molecule has 0 bridgehead atoms. The van der Waals surface area contributed by atoms with Gasteiger partial charge >= 0.3 is 6.18 Å². The zero-order valence-corrected chi connectivity index (χ0v) is 11.7. The van der Waals surface area contributed by atoms with Gasteiger partial charge < -0.3 is 0 Å². The Kier molecular flexibility index (Phi) is 4.36. The van der Waals surface area contributed by atoms with Gasteiger partial charge in [-0.05, 0) is 30.1 Å². The van der Waals surface area contributed by atoms with Crippen LogP contribution in [0.1, 0.15) is 39.8 Å². The number of ketones is 1. The van der Waals surface area contributed by atoms with E-state index in [1.807, 2.05) is 6.92 Å². The Labute approximate surface area is 121 Å². The van der Waals surface area contributed by atoms with Crippen LogP contribution in [0.2, 0.25) is 0 Å². The number of carbonyl (C=O) groups excluding carboxylic acids is 1. The molecule has 0 atom stereocenters.